The molecule has 0 aliphatic rings. The highest BCUT2D eigenvalue weighted by Crippen LogP contribution is 2.24. The molecule has 0 unspecified atom stereocenters. The summed E-state index contributed by atoms with van der Waals surface area (Å²) in [5.41, 5.74) is 0.168. The van der Waals surface area contributed by atoms with E-state index >= 15 is 0 Å². The summed E-state index contributed by atoms with van der Waals surface area (Å²) in [6.45, 7) is 1.23. The van der Waals surface area contributed by atoms with Gasteiger partial charge in [-0.05, 0) is 19.1 Å². The number of amides is 2. The van der Waals surface area contributed by atoms with E-state index in [0.717, 1.165) is 12.1 Å². The second-order valence-electron chi connectivity index (χ2n) is 4.00. The normalized spacial score (nSPS) is 13.2. The number of nitrogens with one attached hydrogen (secondary N) is 2. The molecule has 0 aliphatic heterocycles. The van der Waals surface area contributed by atoms with Crippen molar-refractivity contribution >= 4 is 17.7 Å². The Labute approximate surface area is 114 Å². The number of anilines is 1. The van der Waals surface area contributed by atoms with Gasteiger partial charge in [0.1, 0.15) is 11.6 Å². The Kier molecular flexibility index (Phi) is 5.27. The largest absolute Gasteiger partial charge is 0.494 e. The molecule has 4 N–H and O–H groups in total. The average Bonchev–Trinajstić information content (AvgIpc) is 2.37. The number of halogens is 1. The number of aliphatic carboxylic acids is 1. The van der Waals surface area contributed by atoms with E-state index in [2.05, 4.69) is 10.6 Å². The number of hydrogen-bond donors (Lipinski definition) is 4. The lowest BCUT2D eigenvalue weighted by molar-refractivity contribution is -0.141. The van der Waals surface area contributed by atoms with Crippen molar-refractivity contribution in [3.05, 3.63) is 24.0 Å². The number of aliphatic hydroxyl groups excluding tert-OH is 1. The molecule has 0 aromatic heterocycles. The Morgan fingerprint density at radius 3 is 2.55 bits per heavy atom. The molecular formula is C12H15FN2O5. The van der Waals surface area contributed by atoms with Gasteiger partial charge in [-0.25, -0.2) is 14.0 Å². The van der Waals surface area contributed by atoms with E-state index in [1.54, 1.807) is 0 Å². The smallest absolute Gasteiger partial charge is 0.328 e. The highest BCUT2D eigenvalue weighted by atomic mass is 19.1. The quantitative estimate of drug-likeness (QED) is 0.640. The molecule has 20 heavy (non-hydrogen) atoms. The van der Waals surface area contributed by atoms with Crippen molar-refractivity contribution in [3.8, 4) is 5.75 Å². The minimum absolute atomic E-state index is 0.0871. The van der Waals surface area contributed by atoms with Crippen LogP contribution in [0.4, 0.5) is 14.9 Å². The van der Waals surface area contributed by atoms with E-state index in [0.29, 0.717) is 0 Å². The summed E-state index contributed by atoms with van der Waals surface area (Å²) in [5.74, 6) is -1.83. The zero-order valence-electron chi connectivity index (χ0n) is 10.9. The van der Waals surface area contributed by atoms with E-state index in [4.69, 9.17) is 9.84 Å². The Morgan fingerprint density at radius 2 is 2.05 bits per heavy atom. The fraction of sp³-hybridized carbons (Fsp3) is 0.333. The topological polar surface area (TPSA) is 108 Å². The number of carboxylic acids is 1. The van der Waals surface area contributed by atoms with Gasteiger partial charge in [0, 0.05) is 6.07 Å². The van der Waals surface area contributed by atoms with Crippen LogP contribution >= 0.6 is 0 Å². The SMILES string of the molecule is COc1cc(F)ccc1NC(=O)N[C@H](C(=O)O)[C@@H](C)O. The lowest BCUT2D eigenvalue weighted by Gasteiger charge is -2.18. The number of carbonyl (C=O) groups excluding carboxylic acids is 1. The second kappa shape index (κ2) is 6.71. The van der Waals surface area contributed by atoms with Crippen LogP contribution in [0.3, 0.4) is 0 Å². The van der Waals surface area contributed by atoms with Gasteiger partial charge in [0.05, 0.1) is 18.9 Å². The molecule has 0 fully saturated rings. The fourth-order valence-electron chi connectivity index (χ4n) is 1.46. The summed E-state index contributed by atoms with van der Waals surface area (Å²) in [6, 6.07) is 1.14. The third-order valence-electron chi connectivity index (χ3n) is 2.45. The first-order valence-corrected chi connectivity index (χ1v) is 5.67. The van der Waals surface area contributed by atoms with Crippen LogP contribution in [0.5, 0.6) is 5.75 Å². The van der Waals surface area contributed by atoms with Crippen molar-refractivity contribution in [1.29, 1.82) is 0 Å². The van der Waals surface area contributed by atoms with Crippen molar-refractivity contribution in [2.45, 2.75) is 19.1 Å². The molecule has 0 saturated carbocycles. The summed E-state index contributed by atoms with van der Waals surface area (Å²) in [5, 5.41) is 22.5. The molecule has 2 atom stereocenters. The molecule has 0 spiro atoms. The maximum Gasteiger partial charge on any atom is 0.328 e. The monoisotopic (exact) mass is 286 g/mol. The first-order valence-electron chi connectivity index (χ1n) is 5.67. The number of carbonyl (C=O) groups is 2. The highest BCUT2D eigenvalue weighted by Gasteiger charge is 2.25. The number of ether oxygens (including phenoxy) is 1. The lowest BCUT2D eigenvalue weighted by Crippen LogP contribution is -2.49. The van der Waals surface area contributed by atoms with Gasteiger partial charge in [-0.3, -0.25) is 0 Å². The minimum Gasteiger partial charge on any atom is -0.494 e. The molecule has 0 aliphatic carbocycles. The molecule has 8 heteroatoms. The van der Waals surface area contributed by atoms with Gasteiger partial charge in [0.25, 0.3) is 0 Å². The van der Waals surface area contributed by atoms with Gasteiger partial charge in [-0.15, -0.1) is 0 Å². The number of methoxy groups -OCH3 is 1. The molecule has 0 bridgehead atoms. The van der Waals surface area contributed by atoms with E-state index in [1.165, 1.54) is 20.1 Å². The predicted octanol–water partition coefficient (Wildman–Crippen LogP) is 0.790. The third kappa shape index (κ3) is 4.09. The molecule has 1 aromatic carbocycles. The molecule has 110 valence electrons. The molecule has 2 amide bonds. The summed E-state index contributed by atoms with van der Waals surface area (Å²) in [7, 11) is 1.30. The summed E-state index contributed by atoms with van der Waals surface area (Å²) in [6.07, 6.45) is -1.27. The molecule has 0 saturated heterocycles. The van der Waals surface area contributed by atoms with Crippen LogP contribution in [0.1, 0.15) is 6.92 Å². The van der Waals surface area contributed by atoms with Crippen LogP contribution in [0.2, 0.25) is 0 Å². The molecule has 1 rings (SSSR count). The summed E-state index contributed by atoms with van der Waals surface area (Å²) in [4.78, 5) is 22.5. The molecule has 0 radical (unpaired) electrons. The number of urea groups is 1. The minimum atomic E-state index is -1.46. The molecule has 1 aromatic rings. The van der Waals surface area contributed by atoms with Gasteiger partial charge in [-0.2, -0.15) is 0 Å². The Morgan fingerprint density at radius 1 is 1.40 bits per heavy atom. The number of carboxylic acid groups (broad SMARTS) is 1. The van der Waals surface area contributed by atoms with Gasteiger partial charge in [-0.1, -0.05) is 0 Å². The van der Waals surface area contributed by atoms with Gasteiger partial charge in [0.15, 0.2) is 6.04 Å². The summed E-state index contributed by atoms with van der Waals surface area (Å²) < 4.78 is 17.9. The first-order chi connectivity index (χ1) is 9.35. The highest BCUT2D eigenvalue weighted by molar-refractivity contribution is 5.93. The third-order valence-corrected chi connectivity index (χ3v) is 2.45. The van der Waals surface area contributed by atoms with Crippen molar-refractivity contribution in [3.63, 3.8) is 0 Å². The van der Waals surface area contributed by atoms with Crippen LogP contribution < -0.4 is 15.4 Å². The predicted molar refractivity (Wildman–Crippen MR) is 68.2 cm³/mol. The molecule has 0 heterocycles. The first kappa shape index (κ1) is 15.7. The van der Waals surface area contributed by atoms with Crippen molar-refractivity contribution in [1.82, 2.24) is 5.32 Å². The number of aliphatic hydroxyl groups is 1. The van der Waals surface area contributed by atoms with Crippen LogP contribution in [0.15, 0.2) is 18.2 Å². The summed E-state index contributed by atoms with van der Waals surface area (Å²) >= 11 is 0. The second-order valence-corrected chi connectivity index (χ2v) is 4.00. The number of hydrogen-bond acceptors (Lipinski definition) is 4. The van der Waals surface area contributed by atoms with E-state index < -0.39 is 30.0 Å². The lowest BCUT2D eigenvalue weighted by atomic mass is 10.2. The van der Waals surface area contributed by atoms with Crippen LogP contribution in [0.25, 0.3) is 0 Å². The Hall–Kier alpha value is -2.35. The van der Waals surface area contributed by atoms with Gasteiger partial charge < -0.3 is 25.6 Å². The Balaban J connectivity index is 2.78. The zero-order chi connectivity index (χ0) is 15.3. The van der Waals surface area contributed by atoms with Crippen LogP contribution in [-0.2, 0) is 4.79 Å². The zero-order valence-corrected chi connectivity index (χ0v) is 10.9. The van der Waals surface area contributed by atoms with Crippen molar-refractivity contribution in [2.75, 3.05) is 12.4 Å². The van der Waals surface area contributed by atoms with Gasteiger partial charge >= 0.3 is 12.0 Å². The molecule has 7 nitrogen and oxygen atoms in total. The van der Waals surface area contributed by atoms with Crippen molar-refractivity contribution < 1.29 is 28.9 Å². The van der Waals surface area contributed by atoms with Crippen molar-refractivity contribution in [2.24, 2.45) is 0 Å². The fourth-order valence-corrected chi connectivity index (χ4v) is 1.46. The van der Waals surface area contributed by atoms with Crippen LogP contribution in [0, 0.1) is 5.82 Å². The van der Waals surface area contributed by atoms with E-state index in [9.17, 15) is 19.1 Å². The van der Waals surface area contributed by atoms with Crippen LogP contribution in [-0.4, -0.2) is 41.5 Å². The number of benzene rings is 1. The maximum atomic E-state index is 13.0. The maximum absolute atomic E-state index is 13.0. The Bertz CT molecular complexity index is 507. The molecular weight excluding hydrogens is 271 g/mol. The van der Waals surface area contributed by atoms with Gasteiger partial charge in [0.2, 0.25) is 0 Å². The average molecular weight is 286 g/mol. The van der Waals surface area contributed by atoms with E-state index in [-0.39, 0.29) is 11.4 Å². The number of rotatable bonds is 5. The standard InChI is InChI=1S/C12H15FN2O5/c1-6(16)10(11(17)18)15-12(19)14-8-4-3-7(13)5-9(8)20-2/h3-6,10,16H,1-2H3,(H,17,18)(H2,14,15,19)/t6-,10+/m1/s1. The van der Waals surface area contributed by atoms with E-state index in [1.807, 2.05) is 0 Å².